The monoisotopic (exact) mass is 442 g/mol. The predicted molar refractivity (Wildman–Crippen MR) is 117 cm³/mol. The minimum atomic E-state index is -3.62. The SMILES string of the molecule is CS(=O)(=O)N(CC(=O)NCCCSC1CCCCC1)c1ccc2c(c1)OCCO2. The van der Waals surface area contributed by atoms with Crippen molar-refractivity contribution >= 4 is 33.4 Å². The molecule has 2 aliphatic rings. The number of carbonyl (C=O) groups excluding carboxylic acids is 1. The van der Waals surface area contributed by atoms with E-state index in [0.717, 1.165) is 28.0 Å². The van der Waals surface area contributed by atoms with E-state index in [1.807, 2.05) is 11.8 Å². The predicted octanol–water partition coefficient (Wildman–Crippen LogP) is 2.80. The second-order valence-electron chi connectivity index (χ2n) is 7.43. The van der Waals surface area contributed by atoms with E-state index in [4.69, 9.17) is 9.47 Å². The molecule has 1 N–H and O–H groups in total. The molecule has 1 aliphatic carbocycles. The van der Waals surface area contributed by atoms with Gasteiger partial charge in [0.05, 0.1) is 11.9 Å². The van der Waals surface area contributed by atoms with Gasteiger partial charge in [0.15, 0.2) is 11.5 Å². The van der Waals surface area contributed by atoms with Crippen LogP contribution in [0.4, 0.5) is 5.69 Å². The smallest absolute Gasteiger partial charge is 0.240 e. The Hall–Kier alpha value is -1.61. The Morgan fingerprint density at radius 2 is 1.90 bits per heavy atom. The molecule has 3 rings (SSSR count). The van der Waals surface area contributed by atoms with E-state index in [0.29, 0.717) is 36.9 Å². The maximum absolute atomic E-state index is 12.3. The normalized spacial score (nSPS) is 17.0. The Morgan fingerprint density at radius 3 is 2.62 bits per heavy atom. The van der Waals surface area contributed by atoms with Crippen LogP contribution < -0.4 is 19.1 Å². The third kappa shape index (κ3) is 6.70. The zero-order valence-corrected chi connectivity index (χ0v) is 18.5. The van der Waals surface area contributed by atoms with Gasteiger partial charge in [0.25, 0.3) is 0 Å². The summed E-state index contributed by atoms with van der Waals surface area (Å²) in [6.45, 7) is 1.17. The fraction of sp³-hybridized carbons (Fsp3) is 0.650. The minimum Gasteiger partial charge on any atom is -0.486 e. The summed E-state index contributed by atoms with van der Waals surface area (Å²) in [6.07, 6.45) is 8.60. The Labute approximate surface area is 177 Å². The molecule has 1 aromatic carbocycles. The zero-order chi connectivity index (χ0) is 20.7. The molecule has 1 aliphatic heterocycles. The van der Waals surface area contributed by atoms with E-state index < -0.39 is 10.0 Å². The number of hydrogen-bond donors (Lipinski definition) is 1. The van der Waals surface area contributed by atoms with Gasteiger partial charge in [-0.1, -0.05) is 19.3 Å². The summed E-state index contributed by atoms with van der Waals surface area (Å²) in [4.78, 5) is 12.3. The highest BCUT2D eigenvalue weighted by Crippen LogP contribution is 2.34. The molecular weight excluding hydrogens is 412 g/mol. The molecule has 1 fully saturated rings. The molecular formula is C20H30N2O5S2. The van der Waals surface area contributed by atoms with Gasteiger partial charge in [0.2, 0.25) is 15.9 Å². The van der Waals surface area contributed by atoms with Crippen LogP contribution in [0, 0.1) is 0 Å². The van der Waals surface area contributed by atoms with Crippen LogP contribution in [-0.2, 0) is 14.8 Å². The molecule has 0 saturated heterocycles. The van der Waals surface area contributed by atoms with Crippen molar-refractivity contribution < 1.29 is 22.7 Å². The number of rotatable bonds is 9. The number of anilines is 1. The molecule has 29 heavy (non-hydrogen) atoms. The van der Waals surface area contributed by atoms with Crippen molar-refractivity contribution in [1.82, 2.24) is 5.32 Å². The Bertz CT molecular complexity index is 794. The fourth-order valence-corrected chi connectivity index (χ4v) is 5.71. The molecule has 1 saturated carbocycles. The van der Waals surface area contributed by atoms with Gasteiger partial charge in [-0.25, -0.2) is 8.42 Å². The van der Waals surface area contributed by atoms with Crippen molar-refractivity contribution in [2.75, 3.05) is 42.6 Å². The van der Waals surface area contributed by atoms with Gasteiger partial charge in [-0.2, -0.15) is 11.8 Å². The lowest BCUT2D eigenvalue weighted by molar-refractivity contribution is -0.119. The number of benzene rings is 1. The number of hydrogen-bond acceptors (Lipinski definition) is 6. The average Bonchev–Trinajstić information content (AvgIpc) is 2.71. The van der Waals surface area contributed by atoms with E-state index in [-0.39, 0.29) is 12.5 Å². The molecule has 1 amide bonds. The number of nitrogens with one attached hydrogen (secondary N) is 1. The highest BCUT2D eigenvalue weighted by Gasteiger charge is 2.23. The molecule has 9 heteroatoms. The molecule has 1 heterocycles. The number of ether oxygens (including phenoxy) is 2. The quantitative estimate of drug-likeness (QED) is 0.592. The van der Waals surface area contributed by atoms with Crippen molar-refractivity contribution in [1.29, 1.82) is 0 Å². The molecule has 162 valence electrons. The van der Waals surface area contributed by atoms with E-state index >= 15 is 0 Å². The van der Waals surface area contributed by atoms with E-state index in [1.165, 1.54) is 32.1 Å². The lowest BCUT2D eigenvalue weighted by Crippen LogP contribution is -2.40. The molecule has 0 unspecified atom stereocenters. The third-order valence-electron chi connectivity index (χ3n) is 5.05. The first-order valence-corrected chi connectivity index (χ1v) is 13.1. The first kappa shape index (κ1) is 22.1. The number of carbonyl (C=O) groups is 1. The lowest BCUT2D eigenvalue weighted by Gasteiger charge is -2.24. The number of sulfonamides is 1. The topological polar surface area (TPSA) is 84.9 Å². The number of thioether (sulfide) groups is 1. The van der Waals surface area contributed by atoms with Gasteiger partial charge in [0, 0.05) is 17.9 Å². The van der Waals surface area contributed by atoms with Gasteiger partial charge in [-0.05, 0) is 37.1 Å². The molecule has 0 atom stereocenters. The summed E-state index contributed by atoms with van der Waals surface area (Å²) in [5.41, 5.74) is 0.389. The minimum absolute atomic E-state index is 0.256. The second-order valence-corrected chi connectivity index (χ2v) is 10.7. The van der Waals surface area contributed by atoms with E-state index in [2.05, 4.69) is 5.32 Å². The maximum Gasteiger partial charge on any atom is 0.240 e. The molecule has 0 bridgehead atoms. The van der Waals surface area contributed by atoms with Gasteiger partial charge < -0.3 is 14.8 Å². The van der Waals surface area contributed by atoms with Crippen LogP contribution in [0.1, 0.15) is 38.5 Å². The number of amides is 1. The summed E-state index contributed by atoms with van der Waals surface area (Å²) in [6, 6.07) is 4.90. The summed E-state index contributed by atoms with van der Waals surface area (Å²) < 4.78 is 36.6. The summed E-state index contributed by atoms with van der Waals surface area (Å²) in [5.74, 6) is 1.77. The van der Waals surface area contributed by atoms with Crippen LogP contribution in [0.2, 0.25) is 0 Å². The van der Waals surface area contributed by atoms with Crippen LogP contribution in [-0.4, -0.2) is 57.9 Å². The van der Waals surface area contributed by atoms with Crippen LogP contribution >= 0.6 is 11.8 Å². The molecule has 0 radical (unpaired) electrons. The van der Waals surface area contributed by atoms with Gasteiger partial charge in [-0.15, -0.1) is 0 Å². The number of fused-ring (bicyclic) bond motifs is 1. The average molecular weight is 443 g/mol. The first-order chi connectivity index (χ1) is 13.9. The van der Waals surface area contributed by atoms with Crippen LogP contribution in [0.5, 0.6) is 11.5 Å². The van der Waals surface area contributed by atoms with E-state index in [1.54, 1.807) is 18.2 Å². The number of nitrogens with zero attached hydrogens (tertiary/aromatic N) is 1. The largest absolute Gasteiger partial charge is 0.486 e. The highest BCUT2D eigenvalue weighted by atomic mass is 32.2. The van der Waals surface area contributed by atoms with Gasteiger partial charge in [0.1, 0.15) is 19.8 Å². The molecule has 0 spiro atoms. The Kier molecular flexibility index (Phi) is 7.94. The zero-order valence-electron chi connectivity index (χ0n) is 16.9. The van der Waals surface area contributed by atoms with Crippen LogP contribution in [0.3, 0.4) is 0 Å². The van der Waals surface area contributed by atoms with Crippen molar-refractivity contribution in [3.05, 3.63) is 18.2 Å². The van der Waals surface area contributed by atoms with Gasteiger partial charge >= 0.3 is 0 Å². The van der Waals surface area contributed by atoms with Crippen LogP contribution in [0.15, 0.2) is 18.2 Å². The highest BCUT2D eigenvalue weighted by molar-refractivity contribution is 7.99. The Balaban J connectivity index is 1.49. The van der Waals surface area contributed by atoms with Gasteiger partial charge in [-0.3, -0.25) is 9.10 Å². The maximum atomic E-state index is 12.3. The second kappa shape index (κ2) is 10.4. The van der Waals surface area contributed by atoms with E-state index in [9.17, 15) is 13.2 Å². The third-order valence-corrected chi connectivity index (χ3v) is 7.66. The van der Waals surface area contributed by atoms with Crippen molar-refractivity contribution in [2.45, 2.75) is 43.8 Å². The van der Waals surface area contributed by atoms with Crippen molar-refractivity contribution in [3.63, 3.8) is 0 Å². The summed E-state index contributed by atoms with van der Waals surface area (Å²) >= 11 is 1.99. The molecule has 0 aromatic heterocycles. The van der Waals surface area contributed by atoms with Crippen LogP contribution in [0.25, 0.3) is 0 Å². The summed E-state index contributed by atoms with van der Waals surface area (Å²) in [7, 11) is -3.62. The Morgan fingerprint density at radius 1 is 1.17 bits per heavy atom. The molecule has 7 nitrogen and oxygen atoms in total. The lowest BCUT2D eigenvalue weighted by atomic mass is 10.0. The first-order valence-electron chi connectivity index (χ1n) is 10.2. The van der Waals surface area contributed by atoms with Crippen molar-refractivity contribution in [3.8, 4) is 11.5 Å². The standard InChI is InChI=1S/C20H30N2O5S2/c1-29(24,25)22(16-8-9-18-19(14-16)27-12-11-26-18)15-20(23)21-10-5-13-28-17-6-3-2-4-7-17/h8-9,14,17H,2-7,10-13,15H2,1H3,(H,21,23). The fourth-order valence-electron chi connectivity index (χ4n) is 3.56. The molecule has 1 aromatic rings. The van der Waals surface area contributed by atoms with Crippen molar-refractivity contribution in [2.24, 2.45) is 0 Å². The summed E-state index contributed by atoms with van der Waals surface area (Å²) in [5, 5.41) is 3.60.